The molecule has 0 aromatic carbocycles. The fourth-order valence-electron chi connectivity index (χ4n) is 0.451. The summed E-state index contributed by atoms with van der Waals surface area (Å²) in [5.74, 6) is 0. The van der Waals surface area contributed by atoms with Crippen LogP contribution in [0.3, 0.4) is 0 Å². The molecule has 3 heteroatoms. The number of hydrogen-bond acceptors (Lipinski definition) is 1. The van der Waals surface area contributed by atoms with Crippen LogP contribution in [0.15, 0.2) is 29.9 Å². The Hall–Kier alpha value is -0.990. The molecule has 0 atom stereocenters. The van der Waals surface area contributed by atoms with E-state index in [1.165, 1.54) is 6.92 Å². The minimum atomic E-state index is -2.56. The van der Waals surface area contributed by atoms with Gasteiger partial charge in [-0.3, -0.25) is 4.99 Å². The second kappa shape index (κ2) is 8.11. The topological polar surface area (TPSA) is 12.4 Å². The molecule has 0 aromatic heterocycles. The van der Waals surface area contributed by atoms with Crippen molar-refractivity contribution in [3.8, 4) is 0 Å². The Morgan fingerprint density at radius 1 is 1.42 bits per heavy atom. The smallest absolute Gasteiger partial charge is 0.256 e. The average molecular weight is 175 g/mol. The molecule has 0 amide bonds. The summed E-state index contributed by atoms with van der Waals surface area (Å²) >= 11 is 0. The van der Waals surface area contributed by atoms with Crippen LogP contribution in [0.25, 0.3) is 0 Å². The summed E-state index contributed by atoms with van der Waals surface area (Å²) in [5.41, 5.74) is -0.0232. The third-order valence-corrected chi connectivity index (χ3v) is 0.874. The van der Waals surface area contributed by atoms with Gasteiger partial charge in [0.1, 0.15) is 5.71 Å². The molecule has 0 N–H and O–H groups in total. The highest BCUT2D eigenvalue weighted by Crippen LogP contribution is 2.04. The Balaban J connectivity index is 0. The maximum Gasteiger partial charge on any atom is 0.280 e. The third-order valence-electron chi connectivity index (χ3n) is 0.874. The van der Waals surface area contributed by atoms with E-state index in [1.807, 2.05) is 13.8 Å². The van der Waals surface area contributed by atoms with Gasteiger partial charge in [0.15, 0.2) is 0 Å². The summed E-state index contributed by atoms with van der Waals surface area (Å²) in [6.45, 7) is 12.0. The predicted molar refractivity (Wildman–Crippen MR) is 49.8 cm³/mol. The lowest BCUT2D eigenvalue weighted by molar-refractivity contribution is 0.226. The fraction of sp³-hybridized carbons (Fsp3) is 0.444. The molecule has 12 heavy (non-hydrogen) atoms. The van der Waals surface area contributed by atoms with E-state index in [1.54, 1.807) is 0 Å². The standard InChI is InChI=1S/C7H9F2N.C2H6/c1-4-10-6(5(2)3)7(8)9;1-2/h4,7H,1-2H2,3H3;1-2H3. The lowest BCUT2D eigenvalue weighted by atomic mass is 10.2. The zero-order valence-electron chi connectivity index (χ0n) is 7.77. The highest BCUT2D eigenvalue weighted by molar-refractivity contribution is 6.01. The van der Waals surface area contributed by atoms with E-state index in [0.29, 0.717) is 0 Å². The van der Waals surface area contributed by atoms with Crippen LogP contribution in [0.1, 0.15) is 20.8 Å². The quantitative estimate of drug-likeness (QED) is 0.582. The van der Waals surface area contributed by atoms with Crippen molar-refractivity contribution < 1.29 is 8.78 Å². The molecule has 0 saturated heterocycles. The summed E-state index contributed by atoms with van der Waals surface area (Å²) in [4.78, 5) is 3.35. The van der Waals surface area contributed by atoms with Gasteiger partial charge in [-0.05, 0) is 12.5 Å². The first-order chi connectivity index (χ1) is 5.59. The van der Waals surface area contributed by atoms with E-state index in [9.17, 15) is 8.78 Å². The van der Waals surface area contributed by atoms with Gasteiger partial charge in [0.25, 0.3) is 6.43 Å². The summed E-state index contributed by atoms with van der Waals surface area (Å²) in [5, 5.41) is 0. The monoisotopic (exact) mass is 175 g/mol. The van der Waals surface area contributed by atoms with Crippen molar-refractivity contribution in [3.05, 3.63) is 24.9 Å². The van der Waals surface area contributed by atoms with Gasteiger partial charge in [0.05, 0.1) is 0 Å². The van der Waals surface area contributed by atoms with Crippen LogP contribution >= 0.6 is 0 Å². The number of allylic oxidation sites excluding steroid dienone is 1. The SMILES string of the molecule is C=CN=C(C(=C)C)C(F)F.CC. The first kappa shape index (κ1) is 13.6. The number of alkyl halides is 2. The molecule has 1 nitrogen and oxygen atoms in total. The minimum Gasteiger partial charge on any atom is -0.256 e. The molecule has 0 radical (unpaired) electrons. The van der Waals surface area contributed by atoms with Crippen LogP contribution in [0.4, 0.5) is 8.78 Å². The maximum atomic E-state index is 11.9. The average Bonchev–Trinajstić information content (AvgIpc) is 2.03. The number of rotatable bonds is 3. The van der Waals surface area contributed by atoms with Crippen LogP contribution in [-0.2, 0) is 0 Å². The molecule has 0 spiro atoms. The second-order valence-electron chi connectivity index (χ2n) is 1.78. The number of halogens is 2. The molecule has 0 aliphatic rings. The van der Waals surface area contributed by atoms with Gasteiger partial charge in [-0.25, -0.2) is 8.78 Å². The van der Waals surface area contributed by atoms with Gasteiger partial charge in [-0.15, -0.1) is 0 Å². The van der Waals surface area contributed by atoms with Gasteiger partial charge in [0, 0.05) is 6.20 Å². The van der Waals surface area contributed by atoms with Gasteiger partial charge in [-0.2, -0.15) is 0 Å². The lowest BCUT2D eigenvalue weighted by Crippen LogP contribution is -2.10. The Bertz CT molecular complexity index is 171. The van der Waals surface area contributed by atoms with E-state index in [0.717, 1.165) is 6.20 Å². The normalized spacial score (nSPS) is 10.3. The first-order valence-electron chi connectivity index (χ1n) is 3.72. The molecule has 0 aliphatic heterocycles. The number of aliphatic imine (C=N–C) groups is 1. The Kier molecular flexibility index (Phi) is 9.18. The molecule has 0 heterocycles. The fourth-order valence-corrected chi connectivity index (χ4v) is 0.451. The van der Waals surface area contributed by atoms with Gasteiger partial charge in [0.2, 0.25) is 0 Å². The first-order valence-corrected chi connectivity index (χ1v) is 3.72. The molecule has 70 valence electrons. The van der Waals surface area contributed by atoms with Crippen molar-refractivity contribution in [2.75, 3.05) is 0 Å². The van der Waals surface area contributed by atoms with E-state index in [-0.39, 0.29) is 11.3 Å². The van der Waals surface area contributed by atoms with Crippen LogP contribution in [-0.4, -0.2) is 12.1 Å². The molecule has 0 rings (SSSR count). The Labute approximate surface area is 72.5 Å². The Morgan fingerprint density at radius 3 is 1.92 bits per heavy atom. The molecule has 0 unspecified atom stereocenters. The highest BCUT2D eigenvalue weighted by Gasteiger charge is 2.11. The largest absolute Gasteiger partial charge is 0.280 e. The van der Waals surface area contributed by atoms with Crippen LogP contribution in [0, 0.1) is 0 Å². The molecule has 0 bridgehead atoms. The van der Waals surface area contributed by atoms with Gasteiger partial charge in [-0.1, -0.05) is 27.0 Å². The van der Waals surface area contributed by atoms with E-state index < -0.39 is 6.43 Å². The van der Waals surface area contributed by atoms with Crippen molar-refractivity contribution in [2.24, 2.45) is 4.99 Å². The van der Waals surface area contributed by atoms with Crippen molar-refractivity contribution in [1.82, 2.24) is 0 Å². The number of nitrogens with zero attached hydrogens (tertiary/aromatic N) is 1. The van der Waals surface area contributed by atoms with Crippen LogP contribution < -0.4 is 0 Å². The molecule has 0 aliphatic carbocycles. The molecule has 0 fully saturated rings. The van der Waals surface area contributed by atoms with Crippen molar-refractivity contribution in [3.63, 3.8) is 0 Å². The summed E-state index contributed by atoms with van der Waals surface area (Å²) in [6.07, 6.45) is -1.48. The van der Waals surface area contributed by atoms with Crippen molar-refractivity contribution >= 4 is 5.71 Å². The van der Waals surface area contributed by atoms with Gasteiger partial charge >= 0.3 is 0 Å². The molecule has 0 saturated carbocycles. The summed E-state index contributed by atoms with van der Waals surface area (Å²) in [7, 11) is 0. The number of hydrogen-bond donors (Lipinski definition) is 0. The predicted octanol–water partition coefficient (Wildman–Crippen LogP) is 3.44. The third kappa shape index (κ3) is 5.77. The highest BCUT2D eigenvalue weighted by atomic mass is 19.3. The van der Waals surface area contributed by atoms with Crippen molar-refractivity contribution in [2.45, 2.75) is 27.2 Å². The van der Waals surface area contributed by atoms with E-state index in [4.69, 9.17) is 0 Å². The van der Waals surface area contributed by atoms with Crippen LogP contribution in [0.2, 0.25) is 0 Å². The molecular weight excluding hydrogens is 160 g/mol. The van der Waals surface area contributed by atoms with E-state index in [2.05, 4.69) is 18.2 Å². The Morgan fingerprint density at radius 2 is 1.83 bits per heavy atom. The molecule has 0 aromatic rings. The van der Waals surface area contributed by atoms with Crippen LogP contribution in [0.5, 0.6) is 0 Å². The second-order valence-corrected chi connectivity index (χ2v) is 1.78. The van der Waals surface area contributed by atoms with Crippen molar-refractivity contribution in [1.29, 1.82) is 0 Å². The van der Waals surface area contributed by atoms with E-state index >= 15 is 0 Å². The summed E-state index contributed by atoms with van der Waals surface area (Å²) < 4.78 is 23.8. The zero-order chi connectivity index (χ0) is 10.1. The zero-order valence-corrected chi connectivity index (χ0v) is 7.77. The summed E-state index contributed by atoms with van der Waals surface area (Å²) in [6, 6.07) is 0. The minimum absolute atomic E-state index is 0.273. The lowest BCUT2D eigenvalue weighted by Gasteiger charge is -2.00. The molecular formula is C9H15F2N. The van der Waals surface area contributed by atoms with Gasteiger partial charge < -0.3 is 0 Å². The maximum absolute atomic E-state index is 11.9.